The molecule has 0 aliphatic rings. The van der Waals surface area contributed by atoms with Gasteiger partial charge in [-0.25, -0.2) is 0 Å². The summed E-state index contributed by atoms with van der Waals surface area (Å²) in [6, 6.07) is 15.0. The fourth-order valence-electron chi connectivity index (χ4n) is 2.53. The van der Waals surface area contributed by atoms with E-state index in [1.165, 1.54) is 11.5 Å². The summed E-state index contributed by atoms with van der Waals surface area (Å²) in [5.41, 5.74) is 5.73. The van der Waals surface area contributed by atoms with Crippen LogP contribution in [0, 0.1) is 0 Å². The second-order valence-corrected chi connectivity index (χ2v) is 5.80. The molecule has 0 saturated heterocycles. The van der Waals surface area contributed by atoms with Crippen LogP contribution in [0.2, 0.25) is 5.02 Å². The zero-order valence-corrected chi connectivity index (χ0v) is 14.0. The maximum absolute atomic E-state index is 12.4. The molecule has 0 spiro atoms. The number of hydrazine groups is 1. The van der Waals surface area contributed by atoms with Gasteiger partial charge in [0.25, 0.3) is 11.8 Å². The monoisotopic (exact) mass is 355 g/mol. The number of hydrogen-bond acceptors (Lipinski definition) is 3. The first-order valence-corrected chi connectivity index (χ1v) is 7.83. The number of carbonyl (C=O) groups is 3. The third-order valence-corrected chi connectivity index (χ3v) is 3.87. The highest BCUT2D eigenvalue weighted by Gasteiger charge is 2.19. The van der Waals surface area contributed by atoms with Crippen molar-refractivity contribution in [1.82, 2.24) is 15.4 Å². The number of nitrogens with one attached hydrogen (secondary N) is 2. The van der Waals surface area contributed by atoms with Crippen molar-refractivity contribution in [3.8, 4) is 0 Å². The van der Waals surface area contributed by atoms with Crippen LogP contribution in [-0.2, 0) is 0 Å². The van der Waals surface area contributed by atoms with E-state index in [0.29, 0.717) is 21.5 Å². The van der Waals surface area contributed by atoms with E-state index in [1.54, 1.807) is 54.6 Å². The summed E-state index contributed by atoms with van der Waals surface area (Å²) >= 11 is 5.96. The Bertz CT molecular complexity index is 980. The van der Waals surface area contributed by atoms with E-state index in [4.69, 9.17) is 11.6 Å². The first-order chi connectivity index (χ1) is 12.0. The van der Waals surface area contributed by atoms with Crippen LogP contribution >= 0.6 is 11.6 Å². The Morgan fingerprint density at radius 3 is 2.28 bits per heavy atom. The van der Waals surface area contributed by atoms with Crippen molar-refractivity contribution in [2.45, 2.75) is 6.92 Å². The van der Waals surface area contributed by atoms with E-state index >= 15 is 0 Å². The number of benzene rings is 2. The molecule has 2 amide bonds. The summed E-state index contributed by atoms with van der Waals surface area (Å²) in [6.07, 6.45) is 0. The lowest BCUT2D eigenvalue weighted by molar-refractivity contribution is 0.0832. The minimum atomic E-state index is -0.605. The van der Waals surface area contributed by atoms with Gasteiger partial charge < -0.3 is 0 Å². The second-order valence-electron chi connectivity index (χ2n) is 5.36. The summed E-state index contributed by atoms with van der Waals surface area (Å²) in [5.74, 6) is -1.38. The molecule has 0 saturated carbocycles. The lowest BCUT2D eigenvalue weighted by Gasteiger charge is -2.09. The predicted molar refractivity (Wildman–Crippen MR) is 94.6 cm³/mol. The summed E-state index contributed by atoms with van der Waals surface area (Å²) in [7, 11) is 0. The largest absolute Gasteiger partial charge is 0.286 e. The molecule has 0 fully saturated rings. The first kappa shape index (κ1) is 16.7. The molecule has 0 aliphatic carbocycles. The average Bonchev–Trinajstić information content (AvgIpc) is 2.98. The van der Waals surface area contributed by atoms with Crippen LogP contribution in [-0.4, -0.2) is 22.3 Å². The third-order valence-electron chi connectivity index (χ3n) is 3.64. The summed E-state index contributed by atoms with van der Waals surface area (Å²) in [4.78, 5) is 36.4. The van der Waals surface area contributed by atoms with E-state index in [2.05, 4.69) is 10.9 Å². The molecule has 1 aromatic heterocycles. The second kappa shape index (κ2) is 6.78. The molecule has 0 bridgehead atoms. The van der Waals surface area contributed by atoms with Crippen LogP contribution in [0.15, 0.2) is 54.6 Å². The van der Waals surface area contributed by atoms with Gasteiger partial charge in [-0.05, 0) is 36.4 Å². The number of hydrogen-bond donors (Lipinski definition) is 2. The van der Waals surface area contributed by atoms with Gasteiger partial charge in [-0.2, -0.15) is 0 Å². The quantitative estimate of drug-likeness (QED) is 0.693. The highest BCUT2D eigenvalue weighted by Crippen LogP contribution is 2.23. The van der Waals surface area contributed by atoms with E-state index in [1.807, 2.05) is 0 Å². The van der Waals surface area contributed by atoms with Crippen LogP contribution in [0.3, 0.4) is 0 Å². The molecule has 2 aromatic carbocycles. The van der Waals surface area contributed by atoms with Gasteiger partial charge in [-0.1, -0.05) is 29.8 Å². The minimum absolute atomic E-state index is 0.109. The van der Waals surface area contributed by atoms with E-state index in [0.717, 1.165) is 0 Å². The SMILES string of the molecule is CC(=O)n1c(C(=O)NNC(=O)c2ccccc2)cc2cc(Cl)ccc21. The van der Waals surface area contributed by atoms with Crippen LogP contribution < -0.4 is 10.9 Å². The van der Waals surface area contributed by atoms with Crippen molar-refractivity contribution in [3.05, 3.63) is 70.9 Å². The number of aromatic nitrogens is 1. The summed E-state index contributed by atoms with van der Waals surface area (Å²) in [5, 5.41) is 1.15. The third kappa shape index (κ3) is 3.39. The lowest BCUT2D eigenvalue weighted by Crippen LogP contribution is -2.42. The number of halogens is 1. The van der Waals surface area contributed by atoms with Crippen LogP contribution in [0.4, 0.5) is 0 Å². The molecule has 0 unspecified atom stereocenters. The predicted octanol–water partition coefficient (Wildman–Crippen LogP) is 3.03. The van der Waals surface area contributed by atoms with Crippen molar-refractivity contribution < 1.29 is 14.4 Å². The van der Waals surface area contributed by atoms with Crippen LogP contribution in [0.5, 0.6) is 0 Å². The fourth-order valence-corrected chi connectivity index (χ4v) is 2.71. The molecular formula is C18H14ClN3O3. The smallest absolute Gasteiger partial charge is 0.275 e. The molecule has 7 heteroatoms. The Morgan fingerprint density at radius 1 is 0.920 bits per heavy atom. The van der Waals surface area contributed by atoms with Gasteiger partial charge in [0.1, 0.15) is 5.69 Å². The van der Waals surface area contributed by atoms with Crippen LogP contribution in [0.25, 0.3) is 10.9 Å². The molecular weight excluding hydrogens is 342 g/mol. The molecule has 2 N–H and O–H groups in total. The van der Waals surface area contributed by atoms with E-state index in [-0.39, 0.29) is 11.6 Å². The molecule has 3 aromatic rings. The summed E-state index contributed by atoms with van der Waals surface area (Å²) < 4.78 is 1.27. The molecule has 0 atom stereocenters. The maximum Gasteiger partial charge on any atom is 0.286 e. The fraction of sp³-hybridized carbons (Fsp3) is 0.0556. The van der Waals surface area contributed by atoms with Gasteiger partial charge >= 0.3 is 0 Å². The maximum atomic E-state index is 12.4. The molecule has 0 aliphatic heterocycles. The number of rotatable bonds is 2. The topological polar surface area (TPSA) is 80.2 Å². The van der Waals surface area contributed by atoms with Gasteiger partial charge in [0.05, 0.1) is 5.52 Å². The summed E-state index contributed by atoms with van der Waals surface area (Å²) in [6.45, 7) is 1.35. The number of carbonyl (C=O) groups excluding carboxylic acids is 3. The van der Waals surface area contributed by atoms with Crippen molar-refractivity contribution in [3.63, 3.8) is 0 Å². The van der Waals surface area contributed by atoms with Crippen molar-refractivity contribution in [2.75, 3.05) is 0 Å². The van der Waals surface area contributed by atoms with E-state index in [9.17, 15) is 14.4 Å². The van der Waals surface area contributed by atoms with Crippen molar-refractivity contribution >= 4 is 40.2 Å². The normalized spacial score (nSPS) is 10.5. The molecule has 3 rings (SSSR count). The van der Waals surface area contributed by atoms with E-state index < -0.39 is 11.8 Å². The van der Waals surface area contributed by atoms with Gasteiger partial charge in [0.2, 0.25) is 5.91 Å². The van der Waals surface area contributed by atoms with Gasteiger partial charge in [-0.3, -0.25) is 29.8 Å². The van der Waals surface area contributed by atoms with Crippen molar-refractivity contribution in [1.29, 1.82) is 0 Å². The Labute approximate surface area is 148 Å². The molecule has 1 heterocycles. The Balaban J connectivity index is 1.86. The first-order valence-electron chi connectivity index (χ1n) is 7.45. The van der Waals surface area contributed by atoms with Gasteiger partial charge in [0.15, 0.2) is 0 Å². The lowest BCUT2D eigenvalue weighted by atomic mass is 10.2. The molecule has 6 nitrogen and oxygen atoms in total. The Kier molecular flexibility index (Phi) is 4.54. The highest BCUT2D eigenvalue weighted by molar-refractivity contribution is 6.31. The molecule has 25 heavy (non-hydrogen) atoms. The number of nitrogens with zero attached hydrogens (tertiary/aromatic N) is 1. The molecule has 0 radical (unpaired) electrons. The zero-order valence-electron chi connectivity index (χ0n) is 13.2. The van der Waals surface area contributed by atoms with Gasteiger partial charge in [-0.15, -0.1) is 0 Å². The standard InChI is InChI=1S/C18H14ClN3O3/c1-11(23)22-15-8-7-14(19)9-13(15)10-16(22)18(25)21-20-17(24)12-5-3-2-4-6-12/h2-10H,1H3,(H,20,24)(H,21,25). The zero-order chi connectivity index (χ0) is 18.0. The number of amides is 2. The van der Waals surface area contributed by atoms with Crippen molar-refractivity contribution in [2.24, 2.45) is 0 Å². The van der Waals surface area contributed by atoms with Gasteiger partial charge in [0, 0.05) is 22.9 Å². The Hall–Kier alpha value is -3.12. The Morgan fingerprint density at radius 2 is 1.60 bits per heavy atom. The molecule has 126 valence electrons. The average molecular weight is 356 g/mol. The highest BCUT2D eigenvalue weighted by atomic mass is 35.5. The van der Waals surface area contributed by atoms with Crippen LogP contribution in [0.1, 0.15) is 32.6 Å². The number of fused-ring (bicyclic) bond motifs is 1. The minimum Gasteiger partial charge on any atom is -0.275 e.